The smallest absolute Gasteiger partial charge is 0.261 e. The summed E-state index contributed by atoms with van der Waals surface area (Å²) >= 11 is 0. The third-order valence-electron chi connectivity index (χ3n) is 4.20. The van der Waals surface area contributed by atoms with E-state index in [9.17, 15) is 14.0 Å². The summed E-state index contributed by atoms with van der Waals surface area (Å²) in [5.74, 6) is -0.710. The van der Waals surface area contributed by atoms with Crippen molar-refractivity contribution < 1.29 is 9.18 Å². The van der Waals surface area contributed by atoms with Crippen molar-refractivity contribution in [1.29, 1.82) is 0 Å². The van der Waals surface area contributed by atoms with Crippen molar-refractivity contribution in [3.05, 3.63) is 71.0 Å². The van der Waals surface area contributed by atoms with E-state index in [0.717, 1.165) is 24.6 Å². The van der Waals surface area contributed by atoms with Gasteiger partial charge in [-0.3, -0.25) is 14.2 Å². The summed E-state index contributed by atoms with van der Waals surface area (Å²) in [6, 6.07) is 13.2. The van der Waals surface area contributed by atoms with Crippen LogP contribution >= 0.6 is 0 Å². The van der Waals surface area contributed by atoms with Gasteiger partial charge in [-0.15, -0.1) is 0 Å². The molecule has 0 saturated carbocycles. The van der Waals surface area contributed by atoms with Gasteiger partial charge in [0.15, 0.2) is 0 Å². The predicted molar refractivity (Wildman–Crippen MR) is 99.7 cm³/mol. The summed E-state index contributed by atoms with van der Waals surface area (Å²) in [5, 5.41) is 0.167. The molecule has 0 fully saturated rings. The lowest BCUT2D eigenvalue weighted by Crippen LogP contribution is -2.37. The molecule has 3 rings (SSSR count). The number of amides is 1. The van der Waals surface area contributed by atoms with Crippen LogP contribution in [0.5, 0.6) is 0 Å². The molecular formula is C20H20FN3O2. The average molecular weight is 353 g/mol. The van der Waals surface area contributed by atoms with Crippen LogP contribution in [0.25, 0.3) is 10.9 Å². The fraction of sp³-hybridized carbons (Fsp3) is 0.250. The minimum absolute atomic E-state index is 0.142. The van der Waals surface area contributed by atoms with E-state index in [0.29, 0.717) is 12.1 Å². The number of carbonyl (C=O) groups excluding carboxylic acids is 1. The first-order chi connectivity index (χ1) is 12.6. The number of aromatic nitrogens is 2. The molecule has 0 N–H and O–H groups in total. The zero-order chi connectivity index (χ0) is 18.5. The fourth-order valence-electron chi connectivity index (χ4n) is 2.80. The van der Waals surface area contributed by atoms with E-state index in [-0.39, 0.29) is 17.8 Å². The molecule has 1 aromatic heterocycles. The Morgan fingerprint density at radius 3 is 2.69 bits per heavy atom. The van der Waals surface area contributed by atoms with Crippen molar-refractivity contribution in [3.63, 3.8) is 0 Å². The van der Waals surface area contributed by atoms with E-state index in [1.165, 1.54) is 23.0 Å². The van der Waals surface area contributed by atoms with E-state index in [1.54, 1.807) is 4.90 Å². The van der Waals surface area contributed by atoms with Crippen molar-refractivity contribution >= 4 is 22.5 Å². The van der Waals surface area contributed by atoms with Gasteiger partial charge in [0.1, 0.15) is 12.4 Å². The second-order valence-electron chi connectivity index (χ2n) is 6.07. The van der Waals surface area contributed by atoms with Crippen molar-refractivity contribution in [1.82, 2.24) is 9.55 Å². The molecule has 1 heterocycles. The van der Waals surface area contributed by atoms with Gasteiger partial charge >= 0.3 is 0 Å². The number of unbranched alkanes of at least 4 members (excludes halogenated alkanes) is 1. The Morgan fingerprint density at radius 2 is 1.96 bits per heavy atom. The number of anilines is 1. The maximum atomic E-state index is 13.4. The fourth-order valence-corrected chi connectivity index (χ4v) is 2.80. The molecule has 0 saturated heterocycles. The van der Waals surface area contributed by atoms with Gasteiger partial charge in [0.25, 0.3) is 5.56 Å². The van der Waals surface area contributed by atoms with Gasteiger partial charge in [0.2, 0.25) is 5.91 Å². The predicted octanol–water partition coefficient (Wildman–Crippen LogP) is 3.37. The van der Waals surface area contributed by atoms with E-state index < -0.39 is 11.4 Å². The molecule has 0 aliphatic carbocycles. The number of benzene rings is 2. The first-order valence-electron chi connectivity index (χ1n) is 8.60. The molecule has 0 radical (unpaired) electrons. The lowest BCUT2D eigenvalue weighted by atomic mass is 10.2. The zero-order valence-electron chi connectivity index (χ0n) is 14.6. The molecule has 134 valence electrons. The molecule has 1 amide bonds. The molecule has 26 heavy (non-hydrogen) atoms. The van der Waals surface area contributed by atoms with E-state index >= 15 is 0 Å². The largest absolute Gasteiger partial charge is 0.311 e. The van der Waals surface area contributed by atoms with Gasteiger partial charge in [-0.25, -0.2) is 9.37 Å². The van der Waals surface area contributed by atoms with Gasteiger partial charge < -0.3 is 4.90 Å². The molecule has 2 aromatic carbocycles. The maximum absolute atomic E-state index is 13.4. The number of fused-ring (bicyclic) bond motifs is 1. The third-order valence-corrected chi connectivity index (χ3v) is 4.20. The Morgan fingerprint density at radius 1 is 1.19 bits per heavy atom. The van der Waals surface area contributed by atoms with Crippen LogP contribution in [0.3, 0.4) is 0 Å². The van der Waals surface area contributed by atoms with Crippen LogP contribution in [-0.2, 0) is 11.3 Å². The standard InChI is InChI=1S/C20H20FN3O2/c1-2-3-11-24(16-7-5-4-6-8-16)19(25)13-23-14-22-18-10-9-15(21)12-17(18)20(23)26/h4-10,12,14H,2-3,11,13H2,1H3. The number of hydrogen-bond acceptors (Lipinski definition) is 3. The van der Waals surface area contributed by atoms with E-state index in [1.807, 2.05) is 30.3 Å². The summed E-state index contributed by atoms with van der Waals surface area (Å²) < 4.78 is 14.7. The van der Waals surface area contributed by atoms with Gasteiger partial charge in [-0.2, -0.15) is 0 Å². The van der Waals surface area contributed by atoms with E-state index in [4.69, 9.17) is 0 Å². The first-order valence-corrected chi connectivity index (χ1v) is 8.60. The summed E-state index contributed by atoms with van der Waals surface area (Å²) in [4.78, 5) is 31.2. The molecule has 0 bridgehead atoms. The van der Waals surface area contributed by atoms with Crippen LogP contribution < -0.4 is 10.5 Å². The Hall–Kier alpha value is -3.02. The highest BCUT2D eigenvalue weighted by Gasteiger charge is 2.17. The Labute approximate surface area is 150 Å². The minimum atomic E-state index is -0.505. The van der Waals surface area contributed by atoms with Crippen LogP contribution in [0.2, 0.25) is 0 Å². The second kappa shape index (κ2) is 7.91. The summed E-state index contributed by atoms with van der Waals surface area (Å²) in [6.07, 6.45) is 3.15. The Kier molecular flexibility index (Phi) is 5.41. The first kappa shape index (κ1) is 17.8. The normalized spacial score (nSPS) is 10.8. The monoisotopic (exact) mass is 353 g/mol. The van der Waals surface area contributed by atoms with Crippen LogP contribution in [-0.4, -0.2) is 22.0 Å². The van der Waals surface area contributed by atoms with Crippen molar-refractivity contribution in [2.45, 2.75) is 26.3 Å². The molecule has 0 aliphatic heterocycles. The highest BCUT2D eigenvalue weighted by atomic mass is 19.1. The third kappa shape index (κ3) is 3.79. The number of halogens is 1. The molecular weight excluding hydrogens is 333 g/mol. The lowest BCUT2D eigenvalue weighted by molar-refractivity contribution is -0.119. The topological polar surface area (TPSA) is 55.2 Å². The van der Waals surface area contributed by atoms with Crippen molar-refractivity contribution in [2.24, 2.45) is 0 Å². The zero-order valence-corrected chi connectivity index (χ0v) is 14.6. The summed E-state index contributed by atoms with van der Waals surface area (Å²) in [7, 11) is 0. The Bertz CT molecular complexity index is 970. The SMILES string of the molecule is CCCCN(C(=O)Cn1cnc2ccc(F)cc2c1=O)c1ccccc1. The van der Waals surface area contributed by atoms with Crippen LogP contribution in [0.4, 0.5) is 10.1 Å². The number of nitrogens with zero attached hydrogens (tertiary/aromatic N) is 3. The molecule has 0 unspecified atom stereocenters. The van der Waals surface area contributed by atoms with Gasteiger partial charge in [0.05, 0.1) is 17.2 Å². The molecule has 0 aliphatic rings. The highest BCUT2D eigenvalue weighted by molar-refractivity contribution is 5.93. The molecule has 5 nitrogen and oxygen atoms in total. The molecule has 0 atom stereocenters. The quantitative estimate of drug-likeness (QED) is 0.683. The van der Waals surface area contributed by atoms with Gasteiger partial charge in [0, 0.05) is 12.2 Å². The van der Waals surface area contributed by atoms with Crippen molar-refractivity contribution in [2.75, 3.05) is 11.4 Å². The number of rotatable bonds is 6. The minimum Gasteiger partial charge on any atom is -0.311 e. The molecule has 3 aromatic rings. The van der Waals surface area contributed by atoms with Crippen LogP contribution in [0.1, 0.15) is 19.8 Å². The lowest BCUT2D eigenvalue weighted by Gasteiger charge is -2.23. The Balaban J connectivity index is 1.91. The number of para-hydroxylation sites is 1. The summed E-state index contributed by atoms with van der Waals surface area (Å²) in [5.41, 5.74) is 0.774. The van der Waals surface area contributed by atoms with Crippen LogP contribution in [0.15, 0.2) is 59.7 Å². The van der Waals surface area contributed by atoms with E-state index in [2.05, 4.69) is 11.9 Å². The van der Waals surface area contributed by atoms with Crippen molar-refractivity contribution in [3.8, 4) is 0 Å². The number of hydrogen-bond donors (Lipinski definition) is 0. The molecule has 0 spiro atoms. The number of carbonyl (C=O) groups is 1. The maximum Gasteiger partial charge on any atom is 0.261 e. The average Bonchev–Trinajstić information content (AvgIpc) is 2.65. The van der Waals surface area contributed by atoms with Gasteiger partial charge in [-0.05, 0) is 36.8 Å². The highest BCUT2D eigenvalue weighted by Crippen LogP contribution is 2.15. The molecule has 6 heteroatoms. The van der Waals surface area contributed by atoms with Gasteiger partial charge in [-0.1, -0.05) is 31.5 Å². The van der Waals surface area contributed by atoms with Crippen LogP contribution in [0, 0.1) is 5.82 Å². The second-order valence-corrected chi connectivity index (χ2v) is 6.07. The summed E-state index contributed by atoms with van der Waals surface area (Å²) in [6.45, 7) is 2.49.